The van der Waals surface area contributed by atoms with E-state index in [9.17, 15) is 49.1 Å². The Morgan fingerprint density at radius 1 is 0.825 bits per heavy atom. The second-order valence-corrected chi connectivity index (χ2v) is 17.3. The van der Waals surface area contributed by atoms with E-state index < -0.39 is 82.8 Å². The van der Waals surface area contributed by atoms with Crippen molar-refractivity contribution < 1.29 is 49.2 Å². The van der Waals surface area contributed by atoms with Gasteiger partial charge in [-0.15, -0.1) is 0 Å². The van der Waals surface area contributed by atoms with Crippen LogP contribution in [0.15, 0.2) is 66.7 Å². The number of nitrogens with one attached hydrogen (secondary N) is 6. The molecule has 0 unspecified atom stereocenters. The first-order valence-electron chi connectivity index (χ1n) is 21.3. The number of aliphatic hydroxyl groups excluding tert-OH is 2. The predicted octanol–water partition coefficient (Wildman–Crippen LogP) is 0.841. The third kappa shape index (κ3) is 15.9. The van der Waals surface area contributed by atoms with Gasteiger partial charge in [-0.1, -0.05) is 56.7 Å². The lowest BCUT2D eigenvalue weighted by Crippen LogP contribution is -2.78. The second-order valence-electron chi connectivity index (χ2n) is 16.1. The van der Waals surface area contributed by atoms with Crippen LogP contribution in [0.2, 0.25) is 0 Å². The van der Waals surface area contributed by atoms with Crippen LogP contribution >= 0.6 is 11.8 Å². The van der Waals surface area contributed by atoms with Crippen molar-refractivity contribution in [3.63, 3.8) is 0 Å². The van der Waals surface area contributed by atoms with Gasteiger partial charge in [0.15, 0.2) is 0 Å². The molecule has 4 rings (SSSR count). The fourth-order valence-electron chi connectivity index (χ4n) is 6.92. The molecule has 1 aliphatic rings. The van der Waals surface area contributed by atoms with E-state index in [0.717, 1.165) is 29.3 Å². The third-order valence-electron chi connectivity index (χ3n) is 10.6. The van der Waals surface area contributed by atoms with Crippen molar-refractivity contribution in [3.8, 4) is 0 Å². The summed E-state index contributed by atoms with van der Waals surface area (Å²) in [6.07, 6.45) is 0.228. The first-order chi connectivity index (χ1) is 30.0. The maximum absolute atomic E-state index is 13.9. The summed E-state index contributed by atoms with van der Waals surface area (Å²) in [5.74, 6) is -3.80. The Kier molecular flexibility index (Phi) is 19.7. The molecule has 1 fully saturated rings. The Balaban J connectivity index is 1.40. The van der Waals surface area contributed by atoms with Crippen molar-refractivity contribution in [2.75, 3.05) is 24.6 Å². The lowest BCUT2D eigenvalue weighted by molar-refractivity contribution is -0.572. The van der Waals surface area contributed by atoms with Crippen LogP contribution in [0.4, 0.5) is 11.4 Å². The van der Waals surface area contributed by atoms with Crippen LogP contribution in [-0.2, 0) is 35.2 Å². The van der Waals surface area contributed by atoms with Gasteiger partial charge in [0.2, 0.25) is 35.4 Å². The number of carbonyl (C=O) groups excluding carboxylic acids is 6. The summed E-state index contributed by atoms with van der Waals surface area (Å²) in [4.78, 5) is 91.5. The molecule has 342 valence electrons. The lowest BCUT2D eigenvalue weighted by Gasteiger charge is -2.29. The highest BCUT2D eigenvalue weighted by Gasteiger charge is 2.36. The van der Waals surface area contributed by atoms with E-state index in [1.807, 2.05) is 47.8 Å². The summed E-state index contributed by atoms with van der Waals surface area (Å²) < 4.78 is 0. The van der Waals surface area contributed by atoms with Crippen LogP contribution in [-0.4, -0.2) is 118 Å². The highest BCUT2D eigenvalue weighted by Crippen LogP contribution is 2.17. The highest BCUT2D eigenvalue weighted by atomic mass is 32.2. The van der Waals surface area contributed by atoms with Gasteiger partial charge in [0.05, 0.1) is 23.7 Å². The fourth-order valence-corrected chi connectivity index (χ4v) is 7.96. The number of nitro benzene ring substituents is 1. The number of nitro groups is 1. The molecule has 63 heavy (non-hydrogen) atoms. The van der Waals surface area contributed by atoms with Gasteiger partial charge in [-0.25, -0.2) is 0 Å². The van der Waals surface area contributed by atoms with Gasteiger partial charge in [-0.05, 0) is 73.2 Å². The molecule has 19 heteroatoms. The Bertz CT molecular complexity index is 2050. The number of benzene rings is 3. The van der Waals surface area contributed by atoms with E-state index in [-0.39, 0.29) is 36.7 Å². The molecule has 0 aromatic heterocycles. The molecule has 18 nitrogen and oxygen atoms in total. The summed E-state index contributed by atoms with van der Waals surface area (Å²) in [6, 6.07) is 13.4. The molecule has 3 aromatic rings. The zero-order valence-electron chi connectivity index (χ0n) is 36.1. The quantitative estimate of drug-likeness (QED) is 0.0491. The number of nitrogens with zero attached hydrogens (tertiary/aromatic N) is 1. The smallest absolute Gasteiger partial charge is 0.269 e. The van der Waals surface area contributed by atoms with E-state index in [1.165, 1.54) is 37.7 Å². The molecule has 1 aliphatic heterocycles. The number of non-ortho nitro benzene ring substituents is 1. The highest BCUT2D eigenvalue weighted by molar-refractivity contribution is 7.99. The molecule has 10 N–H and O–H groups in total. The van der Waals surface area contributed by atoms with Gasteiger partial charge in [0, 0.05) is 43.3 Å². The number of fused-ring (bicyclic) bond motifs is 1. The van der Waals surface area contributed by atoms with Crippen LogP contribution in [0.3, 0.4) is 0 Å². The Labute approximate surface area is 371 Å². The largest absolute Gasteiger partial charge is 0.391 e. The van der Waals surface area contributed by atoms with Gasteiger partial charge in [-0.2, -0.15) is 11.8 Å². The Hall–Kier alpha value is -5.63. The molecule has 0 radical (unpaired) electrons. The summed E-state index contributed by atoms with van der Waals surface area (Å²) in [6.45, 7) is 6.41. The number of quaternary nitrogens is 1. The first kappa shape index (κ1) is 50.0. The van der Waals surface area contributed by atoms with Crippen molar-refractivity contribution in [1.29, 1.82) is 0 Å². The van der Waals surface area contributed by atoms with E-state index >= 15 is 0 Å². The zero-order chi connectivity index (χ0) is 46.1. The molecule has 0 spiro atoms. The van der Waals surface area contributed by atoms with Crippen LogP contribution in [0, 0.1) is 16.0 Å². The molecule has 6 amide bonds. The molecule has 7 atom stereocenters. The summed E-state index contributed by atoms with van der Waals surface area (Å²) in [5.41, 5.74) is 1.59. The Morgan fingerprint density at radius 3 is 2.14 bits per heavy atom. The molecule has 0 aliphatic carbocycles. The lowest BCUT2D eigenvalue weighted by atomic mass is 10.0. The number of carbonyl (C=O) groups is 6. The first-order valence-corrected chi connectivity index (χ1v) is 22.5. The molecule has 0 bridgehead atoms. The number of hydrogen-bond donors (Lipinski definition) is 9. The van der Waals surface area contributed by atoms with Crippen LogP contribution in [0.25, 0.3) is 10.8 Å². The van der Waals surface area contributed by atoms with Gasteiger partial charge >= 0.3 is 0 Å². The van der Waals surface area contributed by atoms with Crippen molar-refractivity contribution in [2.45, 2.75) is 109 Å². The minimum absolute atomic E-state index is 0.0764. The topological polar surface area (TPSA) is 275 Å². The second kappa shape index (κ2) is 24.9. The SMILES string of the molecule is CC(C)[C@H](NC(=O)[C@@H](NC(=O)[C@@H]1CSCCCCCC(=O)N[C@@H](CC[NH2+]c2ccc3ccccc3c2)C(=O)N1)[C@@H](C)O)C(=O)N[C@H](C(=O)NCCc1ccc([N+](=O)[O-])cc1)[C@@H](C)O. The van der Waals surface area contributed by atoms with Gasteiger partial charge in [-0.3, -0.25) is 38.9 Å². The predicted molar refractivity (Wildman–Crippen MR) is 238 cm³/mol. The summed E-state index contributed by atoms with van der Waals surface area (Å²) >= 11 is 1.43. The molecule has 1 heterocycles. The average Bonchev–Trinajstić information content (AvgIpc) is 3.25. The van der Waals surface area contributed by atoms with Crippen molar-refractivity contribution in [2.24, 2.45) is 5.92 Å². The van der Waals surface area contributed by atoms with Gasteiger partial charge < -0.3 is 47.4 Å². The molecule has 1 saturated heterocycles. The van der Waals surface area contributed by atoms with Gasteiger partial charge in [0.1, 0.15) is 35.9 Å². The van der Waals surface area contributed by atoms with Crippen molar-refractivity contribution in [1.82, 2.24) is 31.9 Å². The standard InChI is InChI=1S/C44H60N8O10S/c1-26(2)37(43(59)51-38(27(3)53)42(58)46-21-19-29-13-17-33(18-14-29)52(61)62)49-44(60)39(28(4)54)50-41(57)35-25-63-23-9-5-6-12-36(55)47-34(40(56)48-35)20-22-45-32-16-15-30-10-7-8-11-31(30)24-32/h7-8,10-11,13-18,24,26-28,34-35,37-39,45,53-54H,5-6,9,12,19-23,25H2,1-4H3,(H,46,58)(H,47,55)(H,48,56)(H,49,60)(H,50,57)(H,51,59)/p+1/t27-,28-,34+,35+,37+,38+,39+/m1/s1. The normalized spacial score (nSPS) is 18.7. The number of thioether (sulfide) groups is 1. The third-order valence-corrected chi connectivity index (χ3v) is 11.7. The molecule has 0 saturated carbocycles. The van der Waals surface area contributed by atoms with Crippen LogP contribution in [0.5, 0.6) is 0 Å². The van der Waals surface area contributed by atoms with Gasteiger partial charge in [0.25, 0.3) is 5.69 Å². The average molecular weight is 894 g/mol. The summed E-state index contributed by atoms with van der Waals surface area (Å²) in [5, 5.41) is 52.1. The number of aliphatic hydroxyl groups is 2. The van der Waals surface area contributed by atoms with E-state index in [0.29, 0.717) is 30.7 Å². The van der Waals surface area contributed by atoms with Crippen LogP contribution in [0.1, 0.15) is 65.4 Å². The molecular formula is C44H61N8O10S+. The minimum Gasteiger partial charge on any atom is -0.391 e. The number of amides is 6. The molecule has 3 aromatic carbocycles. The Morgan fingerprint density at radius 2 is 1.48 bits per heavy atom. The van der Waals surface area contributed by atoms with E-state index in [1.54, 1.807) is 26.0 Å². The van der Waals surface area contributed by atoms with E-state index in [2.05, 4.69) is 31.9 Å². The maximum Gasteiger partial charge on any atom is 0.269 e. The van der Waals surface area contributed by atoms with Crippen molar-refractivity contribution >= 4 is 69.4 Å². The van der Waals surface area contributed by atoms with Crippen molar-refractivity contribution in [3.05, 3.63) is 82.4 Å². The van der Waals surface area contributed by atoms with Crippen LogP contribution < -0.4 is 37.2 Å². The van der Waals surface area contributed by atoms with E-state index in [4.69, 9.17) is 0 Å². The monoisotopic (exact) mass is 893 g/mol. The molecular weight excluding hydrogens is 833 g/mol. The maximum atomic E-state index is 13.9. The zero-order valence-corrected chi connectivity index (χ0v) is 37.0. The number of rotatable bonds is 18. The number of nitrogens with two attached hydrogens (primary N) is 1. The fraction of sp³-hybridized carbons (Fsp3) is 0.500. The number of hydrogen-bond acceptors (Lipinski definition) is 11. The summed E-state index contributed by atoms with van der Waals surface area (Å²) in [7, 11) is 0. The minimum atomic E-state index is -1.57.